The Kier molecular flexibility index (Phi) is 6.92. The molecule has 10 heteroatoms. The summed E-state index contributed by atoms with van der Waals surface area (Å²) >= 11 is 0. The molecule has 3 aromatic rings. The Morgan fingerprint density at radius 1 is 1.00 bits per heavy atom. The van der Waals surface area contributed by atoms with Crippen LogP contribution in [0.1, 0.15) is 43.5 Å². The Morgan fingerprint density at radius 2 is 1.61 bits per heavy atom. The van der Waals surface area contributed by atoms with Crippen LogP contribution < -0.4 is 14.8 Å². The van der Waals surface area contributed by atoms with Gasteiger partial charge in [0, 0.05) is 36.9 Å². The minimum absolute atomic E-state index is 0.0210. The van der Waals surface area contributed by atoms with Crippen LogP contribution >= 0.6 is 0 Å². The van der Waals surface area contributed by atoms with E-state index in [2.05, 4.69) is 29.4 Å². The summed E-state index contributed by atoms with van der Waals surface area (Å²) in [5, 5.41) is 19.4. The molecule has 0 unspecified atom stereocenters. The third kappa shape index (κ3) is 6.02. The lowest BCUT2D eigenvalue weighted by atomic mass is 9.78. The average molecular weight is 525 g/mol. The molecule has 0 radical (unpaired) electrons. The second-order valence-electron chi connectivity index (χ2n) is 10.5. The second-order valence-corrected chi connectivity index (χ2v) is 10.5. The van der Waals surface area contributed by atoms with Gasteiger partial charge in [0.25, 0.3) is 5.92 Å². The summed E-state index contributed by atoms with van der Waals surface area (Å²) in [6.45, 7) is 4.13. The van der Waals surface area contributed by atoms with E-state index in [9.17, 15) is 13.6 Å². The van der Waals surface area contributed by atoms with Gasteiger partial charge in [0.2, 0.25) is 5.88 Å². The van der Waals surface area contributed by atoms with Crippen LogP contribution in [0.2, 0.25) is 0 Å². The zero-order chi connectivity index (χ0) is 26.9. The fourth-order valence-corrected chi connectivity index (χ4v) is 4.76. The summed E-state index contributed by atoms with van der Waals surface area (Å²) in [5.41, 5.74) is 2.58. The summed E-state index contributed by atoms with van der Waals surface area (Å²) in [4.78, 5) is 12.3. The number of carboxylic acid groups (broad SMARTS) is 1. The number of ether oxygens (including phenoxy) is 2. The number of nitrogens with zero attached hydrogens (tertiary/aromatic N) is 3. The highest BCUT2D eigenvalue weighted by Crippen LogP contribution is 2.35. The fraction of sp³-hybridized carbons (Fsp3) is 0.393. The molecule has 1 saturated carbocycles. The quantitative estimate of drug-likeness (QED) is 0.396. The van der Waals surface area contributed by atoms with E-state index in [1.165, 1.54) is 0 Å². The summed E-state index contributed by atoms with van der Waals surface area (Å²) in [5.74, 6) is -0.878. The largest absolute Gasteiger partial charge is 0.490 e. The standard InChI is InChI=1S/C28H30F2N4O4/c1-27(2,18-3-8-22(9-4-18)37-24-13-21(14-24)31-26(35)36)19-5-10-23(11-6-19)38-25-12-7-20(32-33-25)15-34-16-28(29,30)17-34/h3-12,21,24,31H,13-17H2,1-2H3,(H,35,36)/t21-,24-. The molecule has 2 aromatic carbocycles. The van der Waals surface area contributed by atoms with Gasteiger partial charge in [-0.05, 0) is 41.5 Å². The summed E-state index contributed by atoms with van der Waals surface area (Å²) < 4.78 is 37.8. The maximum atomic E-state index is 13.0. The van der Waals surface area contributed by atoms with Crippen LogP contribution in [0, 0.1) is 0 Å². The molecule has 0 bridgehead atoms. The molecular weight excluding hydrogens is 494 g/mol. The minimum Gasteiger partial charge on any atom is -0.490 e. The zero-order valence-corrected chi connectivity index (χ0v) is 21.2. The van der Waals surface area contributed by atoms with Crippen molar-refractivity contribution in [2.45, 2.75) is 56.7 Å². The molecule has 1 aromatic heterocycles. The molecule has 8 nitrogen and oxygen atoms in total. The predicted molar refractivity (Wildman–Crippen MR) is 136 cm³/mol. The van der Waals surface area contributed by atoms with Gasteiger partial charge in [0.1, 0.15) is 17.6 Å². The number of benzene rings is 2. The monoisotopic (exact) mass is 524 g/mol. The maximum Gasteiger partial charge on any atom is 0.404 e. The molecule has 0 spiro atoms. The van der Waals surface area contributed by atoms with Crippen molar-refractivity contribution in [2.24, 2.45) is 0 Å². The molecule has 1 saturated heterocycles. The topological polar surface area (TPSA) is 96.8 Å². The molecular formula is C28H30F2N4O4. The van der Waals surface area contributed by atoms with Crippen LogP contribution in [0.15, 0.2) is 60.7 Å². The summed E-state index contributed by atoms with van der Waals surface area (Å²) in [6.07, 6.45) is 0.360. The van der Waals surface area contributed by atoms with E-state index in [1.807, 2.05) is 48.5 Å². The molecule has 2 heterocycles. The number of nitrogens with one attached hydrogen (secondary N) is 1. The van der Waals surface area contributed by atoms with Crippen molar-refractivity contribution >= 4 is 6.09 Å². The number of likely N-dealkylation sites (tertiary alicyclic amines) is 1. The van der Waals surface area contributed by atoms with E-state index in [4.69, 9.17) is 14.6 Å². The fourth-order valence-electron chi connectivity index (χ4n) is 4.76. The molecule has 1 aliphatic carbocycles. The maximum absolute atomic E-state index is 13.0. The highest BCUT2D eigenvalue weighted by Gasteiger charge is 2.43. The Hall–Kier alpha value is -3.79. The first-order valence-electron chi connectivity index (χ1n) is 12.5. The van der Waals surface area contributed by atoms with Crippen LogP contribution in [0.4, 0.5) is 13.6 Å². The van der Waals surface area contributed by atoms with Crippen LogP contribution in [0.25, 0.3) is 0 Å². The molecule has 2 N–H and O–H groups in total. The highest BCUT2D eigenvalue weighted by molar-refractivity contribution is 5.65. The Balaban J connectivity index is 1.14. The Bertz CT molecular complexity index is 1250. The molecule has 2 fully saturated rings. The minimum atomic E-state index is -2.60. The average Bonchev–Trinajstić information content (AvgIpc) is 2.83. The van der Waals surface area contributed by atoms with Gasteiger partial charge >= 0.3 is 6.09 Å². The van der Waals surface area contributed by atoms with Crippen LogP contribution in [0.3, 0.4) is 0 Å². The van der Waals surface area contributed by atoms with Crippen molar-refractivity contribution in [1.82, 2.24) is 20.4 Å². The number of halogens is 2. The van der Waals surface area contributed by atoms with Crippen molar-refractivity contribution in [3.05, 3.63) is 77.5 Å². The number of rotatable bonds is 9. The summed E-state index contributed by atoms with van der Waals surface area (Å²) in [7, 11) is 0. The third-order valence-corrected chi connectivity index (χ3v) is 7.09. The Labute approximate surface area is 219 Å². The number of amides is 1. The molecule has 0 atom stereocenters. The van der Waals surface area contributed by atoms with E-state index in [0.29, 0.717) is 36.7 Å². The van der Waals surface area contributed by atoms with E-state index in [0.717, 1.165) is 16.9 Å². The molecule has 1 amide bonds. The lowest BCUT2D eigenvalue weighted by Gasteiger charge is -2.38. The van der Waals surface area contributed by atoms with Crippen molar-refractivity contribution in [3.8, 4) is 17.4 Å². The van der Waals surface area contributed by atoms with Crippen molar-refractivity contribution in [3.63, 3.8) is 0 Å². The third-order valence-electron chi connectivity index (χ3n) is 7.09. The van der Waals surface area contributed by atoms with Gasteiger partial charge in [-0.15, -0.1) is 5.10 Å². The lowest BCUT2D eigenvalue weighted by Crippen LogP contribution is -2.55. The smallest absolute Gasteiger partial charge is 0.404 e. The molecule has 38 heavy (non-hydrogen) atoms. The first kappa shape index (κ1) is 25.8. The van der Waals surface area contributed by atoms with Gasteiger partial charge in [-0.3, -0.25) is 4.90 Å². The number of alkyl halides is 2. The first-order chi connectivity index (χ1) is 18.1. The first-order valence-corrected chi connectivity index (χ1v) is 12.5. The van der Waals surface area contributed by atoms with Gasteiger partial charge in [0.05, 0.1) is 18.8 Å². The number of hydrogen-bond donors (Lipinski definition) is 2. The van der Waals surface area contributed by atoms with Crippen LogP contribution in [-0.4, -0.2) is 57.5 Å². The highest BCUT2D eigenvalue weighted by atomic mass is 19.3. The van der Waals surface area contributed by atoms with Crippen molar-refractivity contribution in [2.75, 3.05) is 13.1 Å². The number of carbonyl (C=O) groups is 1. The summed E-state index contributed by atoms with van der Waals surface area (Å²) in [6, 6.07) is 19.1. The predicted octanol–water partition coefficient (Wildman–Crippen LogP) is 5.22. The molecule has 200 valence electrons. The molecule has 5 rings (SSSR count). The van der Waals surface area contributed by atoms with Gasteiger partial charge in [-0.25, -0.2) is 13.6 Å². The van der Waals surface area contributed by atoms with Crippen molar-refractivity contribution < 1.29 is 28.2 Å². The zero-order valence-electron chi connectivity index (χ0n) is 21.2. The van der Waals surface area contributed by atoms with Crippen molar-refractivity contribution in [1.29, 1.82) is 0 Å². The van der Waals surface area contributed by atoms with Gasteiger partial charge in [-0.1, -0.05) is 38.1 Å². The van der Waals surface area contributed by atoms with Crippen LogP contribution in [0.5, 0.6) is 17.4 Å². The normalized spacial score (nSPS) is 20.6. The lowest BCUT2D eigenvalue weighted by molar-refractivity contribution is -0.134. The number of hydrogen-bond acceptors (Lipinski definition) is 6. The molecule has 1 aliphatic heterocycles. The number of aromatic nitrogens is 2. The second kappa shape index (κ2) is 10.2. The van der Waals surface area contributed by atoms with E-state index < -0.39 is 12.0 Å². The van der Waals surface area contributed by atoms with E-state index in [-0.39, 0.29) is 30.7 Å². The van der Waals surface area contributed by atoms with Crippen LogP contribution in [-0.2, 0) is 12.0 Å². The van der Waals surface area contributed by atoms with Gasteiger partial charge in [0.15, 0.2) is 0 Å². The SMILES string of the molecule is CC(C)(c1ccc(Oc2ccc(CN3CC(F)(F)C3)nn2)cc1)c1ccc(O[C@H]2C[C@H](NC(=O)O)C2)cc1. The van der Waals surface area contributed by atoms with Gasteiger partial charge in [-0.2, -0.15) is 5.10 Å². The van der Waals surface area contributed by atoms with E-state index in [1.54, 1.807) is 17.0 Å². The van der Waals surface area contributed by atoms with Gasteiger partial charge < -0.3 is 19.9 Å². The van der Waals surface area contributed by atoms with E-state index >= 15 is 0 Å². The molecule has 2 aliphatic rings. The Morgan fingerprint density at radius 3 is 2.13 bits per heavy atom.